The fourth-order valence-corrected chi connectivity index (χ4v) is 1.68. The van der Waals surface area contributed by atoms with Gasteiger partial charge in [0.1, 0.15) is 0 Å². The van der Waals surface area contributed by atoms with E-state index in [1.165, 1.54) is 13.2 Å². The maximum Gasteiger partial charge on any atom is 0.333 e. The van der Waals surface area contributed by atoms with Crippen LogP contribution in [0.2, 0.25) is 0 Å². The molecule has 0 fully saturated rings. The number of ether oxygens (including phenoxy) is 2. The highest BCUT2D eigenvalue weighted by Crippen LogP contribution is 2.21. The second kappa shape index (κ2) is 8.19. The second-order valence-corrected chi connectivity index (χ2v) is 4.03. The minimum atomic E-state index is -0.412. The monoisotopic (exact) mass is 281 g/mol. The molecule has 1 rings (SSSR count). The highest BCUT2D eigenvalue weighted by molar-refractivity contribution is 5.88. The van der Waals surface area contributed by atoms with Crippen molar-refractivity contribution in [2.24, 2.45) is 0 Å². The van der Waals surface area contributed by atoms with Gasteiger partial charge in [-0.1, -0.05) is 13.0 Å². The van der Waals surface area contributed by atoms with Crippen molar-refractivity contribution >= 4 is 11.7 Å². The number of esters is 1. The molecule has 0 atom stereocenters. The van der Waals surface area contributed by atoms with Crippen LogP contribution in [0.1, 0.15) is 20.3 Å². The van der Waals surface area contributed by atoms with Gasteiger partial charge >= 0.3 is 5.97 Å². The van der Waals surface area contributed by atoms with E-state index in [0.717, 1.165) is 0 Å². The maximum atomic E-state index is 13.6. The van der Waals surface area contributed by atoms with Crippen LogP contribution in [0.15, 0.2) is 29.8 Å². The molecule has 0 saturated carbocycles. The van der Waals surface area contributed by atoms with Crippen molar-refractivity contribution in [2.45, 2.75) is 20.3 Å². The fraction of sp³-hybridized carbons (Fsp3) is 0.400. The summed E-state index contributed by atoms with van der Waals surface area (Å²) in [6.07, 6.45) is 2.33. The van der Waals surface area contributed by atoms with E-state index in [1.807, 2.05) is 6.92 Å². The Kier molecular flexibility index (Phi) is 6.56. The molecule has 5 heteroatoms. The zero-order chi connectivity index (χ0) is 15.0. The number of benzene rings is 1. The van der Waals surface area contributed by atoms with Crippen LogP contribution in [0.5, 0.6) is 5.75 Å². The van der Waals surface area contributed by atoms with Crippen molar-refractivity contribution < 1.29 is 18.7 Å². The SMILES string of the molecule is CCOc1ccc(NC/C=C(/CC)C(=O)OC)cc1F. The highest BCUT2D eigenvalue weighted by atomic mass is 19.1. The number of methoxy groups -OCH3 is 1. The van der Waals surface area contributed by atoms with Gasteiger partial charge in [0.2, 0.25) is 0 Å². The fourth-order valence-electron chi connectivity index (χ4n) is 1.68. The lowest BCUT2D eigenvalue weighted by Crippen LogP contribution is -2.07. The molecule has 0 aliphatic rings. The van der Waals surface area contributed by atoms with Crippen molar-refractivity contribution in [1.82, 2.24) is 0 Å². The maximum absolute atomic E-state index is 13.6. The third-order valence-corrected chi connectivity index (χ3v) is 2.71. The van der Waals surface area contributed by atoms with Crippen LogP contribution in [0.25, 0.3) is 0 Å². The van der Waals surface area contributed by atoms with E-state index >= 15 is 0 Å². The summed E-state index contributed by atoms with van der Waals surface area (Å²) < 4.78 is 23.4. The van der Waals surface area contributed by atoms with Gasteiger partial charge in [0.25, 0.3) is 0 Å². The normalized spacial score (nSPS) is 11.1. The van der Waals surface area contributed by atoms with Gasteiger partial charge in [-0.3, -0.25) is 0 Å². The molecular formula is C15H20FNO3. The Morgan fingerprint density at radius 2 is 2.15 bits per heavy atom. The summed E-state index contributed by atoms with van der Waals surface area (Å²) in [7, 11) is 1.35. The quantitative estimate of drug-likeness (QED) is 0.616. The van der Waals surface area contributed by atoms with E-state index in [9.17, 15) is 9.18 Å². The average Bonchev–Trinajstić information content (AvgIpc) is 2.45. The van der Waals surface area contributed by atoms with Gasteiger partial charge < -0.3 is 14.8 Å². The van der Waals surface area contributed by atoms with Crippen molar-refractivity contribution in [1.29, 1.82) is 0 Å². The first kappa shape index (κ1) is 16.0. The lowest BCUT2D eigenvalue weighted by atomic mass is 10.2. The molecule has 1 aromatic carbocycles. The summed E-state index contributed by atoms with van der Waals surface area (Å²) in [6, 6.07) is 4.67. The molecule has 0 spiro atoms. The molecule has 0 bridgehead atoms. The van der Waals surface area contributed by atoms with Crippen LogP contribution < -0.4 is 10.1 Å². The Balaban J connectivity index is 2.64. The van der Waals surface area contributed by atoms with Crippen molar-refractivity contribution in [2.75, 3.05) is 25.6 Å². The van der Waals surface area contributed by atoms with Crippen molar-refractivity contribution in [3.63, 3.8) is 0 Å². The minimum absolute atomic E-state index is 0.234. The van der Waals surface area contributed by atoms with Crippen LogP contribution in [-0.4, -0.2) is 26.2 Å². The summed E-state index contributed by atoms with van der Waals surface area (Å²) in [6.45, 7) is 4.52. The highest BCUT2D eigenvalue weighted by Gasteiger charge is 2.06. The Labute approximate surface area is 118 Å². The zero-order valence-corrected chi connectivity index (χ0v) is 12.0. The second-order valence-electron chi connectivity index (χ2n) is 4.03. The van der Waals surface area contributed by atoms with Crippen LogP contribution in [0.4, 0.5) is 10.1 Å². The molecule has 0 radical (unpaired) electrons. The molecule has 0 amide bonds. The predicted octanol–water partition coefficient (Wildman–Crippen LogP) is 3.15. The van der Waals surface area contributed by atoms with Gasteiger partial charge in [-0.15, -0.1) is 0 Å². The Morgan fingerprint density at radius 3 is 2.70 bits per heavy atom. The lowest BCUT2D eigenvalue weighted by Gasteiger charge is -2.08. The number of carbonyl (C=O) groups excluding carboxylic acids is 1. The molecule has 0 aliphatic carbocycles. The first-order chi connectivity index (χ1) is 9.62. The third kappa shape index (κ3) is 4.57. The van der Waals surface area contributed by atoms with E-state index in [-0.39, 0.29) is 11.7 Å². The summed E-state index contributed by atoms with van der Waals surface area (Å²) in [4.78, 5) is 11.4. The lowest BCUT2D eigenvalue weighted by molar-refractivity contribution is -0.136. The summed E-state index contributed by atoms with van der Waals surface area (Å²) in [5.41, 5.74) is 1.22. The van der Waals surface area contributed by atoms with Crippen LogP contribution in [0, 0.1) is 5.82 Å². The van der Waals surface area contributed by atoms with E-state index in [2.05, 4.69) is 10.1 Å². The van der Waals surface area contributed by atoms with Gasteiger partial charge in [-0.25, -0.2) is 9.18 Å². The molecule has 0 saturated heterocycles. The Morgan fingerprint density at radius 1 is 1.40 bits per heavy atom. The van der Waals surface area contributed by atoms with Crippen LogP contribution in [0.3, 0.4) is 0 Å². The number of halogens is 1. The first-order valence-electron chi connectivity index (χ1n) is 6.55. The molecule has 20 heavy (non-hydrogen) atoms. The smallest absolute Gasteiger partial charge is 0.333 e. The Hall–Kier alpha value is -2.04. The molecule has 1 aromatic rings. The molecule has 4 nitrogen and oxygen atoms in total. The van der Waals surface area contributed by atoms with E-state index in [1.54, 1.807) is 25.1 Å². The number of hydrogen-bond acceptors (Lipinski definition) is 4. The average molecular weight is 281 g/mol. The standard InChI is InChI=1S/C15H20FNO3/c1-4-11(15(18)19-3)8-9-17-12-6-7-14(20-5-2)13(16)10-12/h6-8,10,17H,4-5,9H2,1-3H3/b11-8-. The summed E-state index contributed by atoms with van der Waals surface area (Å²) in [5.74, 6) is -0.519. The van der Waals surface area contributed by atoms with Crippen molar-refractivity contribution in [3.05, 3.63) is 35.7 Å². The summed E-state index contributed by atoms with van der Waals surface area (Å²) in [5, 5.41) is 3.02. The van der Waals surface area contributed by atoms with Crippen LogP contribution in [-0.2, 0) is 9.53 Å². The summed E-state index contributed by atoms with van der Waals surface area (Å²) >= 11 is 0. The molecule has 0 unspecified atom stereocenters. The van der Waals surface area contributed by atoms with Gasteiger partial charge in [0, 0.05) is 23.9 Å². The van der Waals surface area contributed by atoms with Crippen molar-refractivity contribution in [3.8, 4) is 5.75 Å². The van der Waals surface area contributed by atoms with E-state index in [4.69, 9.17) is 4.74 Å². The minimum Gasteiger partial charge on any atom is -0.491 e. The molecule has 1 N–H and O–H groups in total. The largest absolute Gasteiger partial charge is 0.491 e. The third-order valence-electron chi connectivity index (χ3n) is 2.71. The van der Waals surface area contributed by atoms with E-state index in [0.29, 0.717) is 30.8 Å². The molecule has 110 valence electrons. The van der Waals surface area contributed by atoms with Gasteiger partial charge in [0.05, 0.1) is 13.7 Å². The number of rotatable bonds is 7. The molecule has 0 heterocycles. The Bertz CT molecular complexity index is 486. The molecular weight excluding hydrogens is 261 g/mol. The molecule has 0 aromatic heterocycles. The van der Waals surface area contributed by atoms with Crippen LogP contribution >= 0.6 is 0 Å². The zero-order valence-electron chi connectivity index (χ0n) is 12.0. The number of hydrogen-bond donors (Lipinski definition) is 1. The first-order valence-corrected chi connectivity index (χ1v) is 6.55. The van der Waals surface area contributed by atoms with E-state index < -0.39 is 5.82 Å². The van der Waals surface area contributed by atoms with Gasteiger partial charge in [-0.2, -0.15) is 0 Å². The predicted molar refractivity (Wildman–Crippen MR) is 76.4 cm³/mol. The number of anilines is 1. The van der Waals surface area contributed by atoms with Gasteiger partial charge in [0.15, 0.2) is 11.6 Å². The van der Waals surface area contributed by atoms with Gasteiger partial charge in [-0.05, 0) is 25.5 Å². The molecule has 0 aliphatic heterocycles. The number of carbonyl (C=O) groups is 1. The number of nitrogens with one attached hydrogen (secondary N) is 1. The topological polar surface area (TPSA) is 47.6 Å².